The molecule has 33 heavy (non-hydrogen) atoms. The second-order valence-corrected chi connectivity index (χ2v) is 10.5. The number of hydrogen-bond donors (Lipinski definition) is 1. The van der Waals surface area contributed by atoms with Crippen LogP contribution in [-0.4, -0.2) is 73.1 Å². The molecule has 3 fully saturated rings. The van der Waals surface area contributed by atoms with Gasteiger partial charge in [0.25, 0.3) is 5.91 Å². The molecule has 3 aliphatic heterocycles. The molecule has 0 unspecified atom stereocenters. The lowest BCUT2D eigenvalue weighted by molar-refractivity contribution is -0.127. The van der Waals surface area contributed by atoms with Crippen molar-refractivity contribution in [2.45, 2.75) is 75.3 Å². The molecule has 1 N–H and O–H groups in total. The summed E-state index contributed by atoms with van der Waals surface area (Å²) in [5.74, 6) is 0.385. The van der Waals surface area contributed by atoms with E-state index in [0.717, 1.165) is 37.8 Å². The first-order valence-electron chi connectivity index (χ1n) is 13.1. The van der Waals surface area contributed by atoms with Crippen LogP contribution in [0.2, 0.25) is 0 Å². The van der Waals surface area contributed by atoms with Gasteiger partial charge in [-0.1, -0.05) is 37.5 Å². The highest BCUT2D eigenvalue weighted by Crippen LogP contribution is 2.50. The van der Waals surface area contributed by atoms with Crippen LogP contribution in [0.1, 0.15) is 79.6 Å². The molecule has 3 atom stereocenters. The molecule has 0 radical (unpaired) electrons. The largest absolute Gasteiger partial charge is 0.383 e. The van der Waals surface area contributed by atoms with Crippen molar-refractivity contribution in [3.63, 3.8) is 0 Å². The minimum atomic E-state index is -0.433. The SMILES string of the molecule is COCCN1C(=O)c2ccccc2[C@H](C(=O)NC[C@H]2CCCN3CCCC[C@H]23)C12CCCC2. The smallest absolute Gasteiger partial charge is 0.254 e. The van der Waals surface area contributed by atoms with Crippen molar-refractivity contribution in [2.75, 3.05) is 39.9 Å². The van der Waals surface area contributed by atoms with Gasteiger partial charge in [0.1, 0.15) is 0 Å². The summed E-state index contributed by atoms with van der Waals surface area (Å²) in [4.78, 5) is 32.1. The molecule has 3 heterocycles. The number of benzene rings is 1. The van der Waals surface area contributed by atoms with Crippen LogP contribution in [0.4, 0.5) is 0 Å². The lowest BCUT2D eigenvalue weighted by atomic mass is 9.71. The minimum absolute atomic E-state index is 0.0544. The lowest BCUT2D eigenvalue weighted by Crippen LogP contribution is -2.61. The van der Waals surface area contributed by atoms with E-state index >= 15 is 0 Å². The number of nitrogens with one attached hydrogen (secondary N) is 1. The van der Waals surface area contributed by atoms with Gasteiger partial charge in [-0.2, -0.15) is 0 Å². The number of nitrogens with zero attached hydrogens (tertiary/aromatic N) is 2. The maximum atomic E-state index is 14.0. The average Bonchev–Trinajstić information content (AvgIpc) is 3.32. The molecule has 1 aromatic rings. The molecule has 6 nitrogen and oxygen atoms in total. The molecule has 6 heteroatoms. The summed E-state index contributed by atoms with van der Waals surface area (Å²) in [6.07, 6.45) is 10.2. The molecule has 0 bridgehead atoms. The first-order valence-corrected chi connectivity index (χ1v) is 13.1. The van der Waals surface area contributed by atoms with Gasteiger partial charge in [-0.3, -0.25) is 9.59 Å². The number of hydrogen-bond acceptors (Lipinski definition) is 4. The summed E-state index contributed by atoms with van der Waals surface area (Å²) in [6, 6.07) is 8.40. The summed E-state index contributed by atoms with van der Waals surface area (Å²) in [7, 11) is 1.67. The second kappa shape index (κ2) is 9.75. The van der Waals surface area contributed by atoms with Crippen LogP contribution in [0.15, 0.2) is 24.3 Å². The standard InChI is InChI=1S/C27H39N3O3/c1-33-18-17-30-26(32)22-11-3-2-10-21(22)24(27(30)13-5-6-14-27)25(31)28-19-20-9-8-16-29-15-7-4-12-23(20)29/h2-3,10-11,20,23-24H,4-9,12-19H2,1H3,(H,28,31)/t20-,23-,24-/m1/s1. The normalized spacial score (nSPS) is 29.1. The number of amides is 2. The monoisotopic (exact) mass is 453 g/mol. The maximum Gasteiger partial charge on any atom is 0.254 e. The van der Waals surface area contributed by atoms with Gasteiger partial charge in [0.15, 0.2) is 0 Å². The van der Waals surface area contributed by atoms with Gasteiger partial charge >= 0.3 is 0 Å². The zero-order chi connectivity index (χ0) is 22.8. The fraction of sp³-hybridized carbons (Fsp3) is 0.704. The molecule has 2 saturated heterocycles. The number of fused-ring (bicyclic) bond motifs is 2. The zero-order valence-electron chi connectivity index (χ0n) is 20.1. The zero-order valence-corrected chi connectivity index (χ0v) is 20.1. The molecule has 5 rings (SSSR count). The summed E-state index contributed by atoms with van der Waals surface area (Å²) >= 11 is 0. The van der Waals surface area contributed by atoms with Crippen LogP contribution < -0.4 is 5.32 Å². The Morgan fingerprint density at radius 2 is 1.88 bits per heavy atom. The van der Waals surface area contributed by atoms with Crippen molar-refractivity contribution in [3.8, 4) is 0 Å². The van der Waals surface area contributed by atoms with Crippen LogP contribution in [0.25, 0.3) is 0 Å². The van der Waals surface area contributed by atoms with Gasteiger partial charge in [0, 0.05) is 31.8 Å². The molecule has 2 amide bonds. The van der Waals surface area contributed by atoms with E-state index in [1.54, 1.807) is 7.11 Å². The lowest BCUT2D eigenvalue weighted by Gasteiger charge is -2.50. The molecule has 1 aliphatic carbocycles. The van der Waals surface area contributed by atoms with Crippen molar-refractivity contribution in [1.29, 1.82) is 0 Å². The number of rotatable bonds is 6. The van der Waals surface area contributed by atoms with Crippen molar-refractivity contribution in [2.24, 2.45) is 5.92 Å². The van der Waals surface area contributed by atoms with Gasteiger partial charge in [-0.25, -0.2) is 0 Å². The van der Waals surface area contributed by atoms with Gasteiger partial charge in [0.2, 0.25) is 5.91 Å². The maximum absolute atomic E-state index is 14.0. The van der Waals surface area contributed by atoms with Gasteiger partial charge in [0.05, 0.1) is 18.1 Å². The average molecular weight is 454 g/mol. The van der Waals surface area contributed by atoms with Crippen molar-refractivity contribution >= 4 is 11.8 Å². The Hall–Kier alpha value is -1.92. The fourth-order valence-corrected chi connectivity index (χ4v) is 7.32. The topological polar surface area (TPSA) is 61.9 Å². The Balaban J connectivity index is 1.41. The van der Waals surface area contributed by atoms with Crippen molar-refractivity contribution in [3.05, 3.63) is 35.4 Å². The Bertz CT molecular complexity index is 864. The van der Waals surface area contributed by atoms with E-state index in [2.05, 4.69) is 10.2 Å². The summed E-state index contributed by atoms with van der Waals surface area (Å²) in [6.45, 7) is 4.20. The van der Waals surface area contributed by atoms with E-state index in [9.17, 15) is 9.59 Å². The molecular weight excluding hydrogens is 414 g/mol. The first kappa shape index (κ1) is 22.9. The highest BCUT2D eigenvalue weighted by Gasteiger charge is 2.55. The van der Waals surface area contributed by atoms with E-state index in [1.165, 1.54) is 45.2 Å². The molecule has 1 spiro atoms. The Kier molecular flexibility index (Phi) is 6.75. The highest BCUT2D eigenvalue weighted by molar-refractivity contribution is 6.02. The van der Waals surface area contributed by atoms with Gasteiger partial charge in [-0.05, 0) is 69.2 Å². The Morgan fingerprint density at radius 3 is 2.70 bits per heavy atom. The highest BCUT2D eigenvalue weighted by atomic mass is 16.5. The van der Waals surface area contributed by atoms with E-state index in [1.807, 2.05) is 29.2 Å². The summed E-state index contributed by atoms with van der Waals surface area (Å²) in [5.41, 5.74) is 1.17. The Morgan fingerprint density at radius 1 is 1.09 bits per heavy atom. The third-order valence-electron chi connectivity index (χ3n) is 8.84. The van der Waals surface area contributed by atoms with Crippen molar-refractivity contribution in [1.82, 2.24) is 15.1 Å². The number of methoxy groups -OCH3 is 1. The summed E-state index contributed by atoms with van der Waals surface area (Å²) < 4.78 is 5.36. The van der Waals surface area contributed by atoms with E-state index in [-0.39, 0.29) is 17.7 Å². The summed E-state index contributed by atoms with van der Waals surface area (Å²) in [5, 5.41) is 3.40. The quantitative estimate of drug-likeness (QED) is 0.715. The third kappa shape index (κ3) is 4.10. The van der Waals surface area contributed by atoms with Crippen LogP contribution in [0.5, 0.6) is 0 Å². The molecule has 1 aromatic carbocycles. The molecule has 0 aromatic heterocycles. The number of carbonyl (C=O) groups is 2. The predicted molar refractivity (Wildman–Crippen MR) is 128 cm³/mol. The number of ether oxygens (including phenoxy) is 1. The van der Waals surface area contributed by atoms with E-state index in [0.29, 0.717) is 30.7 Å². The van der Waals surface area contributed by atoms with E-state index < -0.39 is 5.54 Å². The minimum Gasteiger partial charge on any atom is -0.383 e. The van der Waals surface area contributed by atoms with Gasteiger partial charge in [-0.15, -0.1) is 0 Å². The van der Waals surface area contributed by atoms with Crippen LogP contribution in [0.3, 0.4) is 0 Å². The predicted octanol–water partition coefficient (Wildman–Crippen LogP) is 3.57. The second-order valence-electron chi connectivity index (χ2n) is 10.5. The number of piperidine rings is 2. The third-order valence-corrected chi connectivity index (χ3v) is 8.84. The van der Waals surface area contributed by atoms with Crippen molar-refractivity contribution < 1.29 is 14.3 Å². The molecular formula is C27H39N3O3. The van der Waals surface area contributed by atoms with E-state index in [4.69, 9.17) is 4.74 Å². The molecule has 180 valence electrons. The van der Waals surface area contributed by atoms with Gasteiger partial charge < -0.3 is 19.9 Å². The first-order chi connectivity index (χ1) is 16.2. The Labute approximate surface area is 198 Å². The van der Waals surface area contributed by atoms with Crippen LogP contribution in [0, 0.1) is 5.92 Å². The number of carbonyl (C=O) groups excluding carboxylic acids is 2. The van der Waals surface area contributed by atoms with Crippen LogP contribution in [-0.2, 0) is 9.53 Å². The molecule has 4 aliphatic rings. The molecule has 1 saturated carbocycles. The fourth-order valence-electron chi connectivity index (χ4n) is 7.32. The van der Waals surface area contributed by atoms with Crippen LogP contribution >= 0.6 is 0 Å².